The SMILES string of the molecule is O=C(CNC1CCCCC1)N/N=C\c1ccc(-c2ccccc2C(=O)O)o1. The highest BCUT2D eigenvalue weighted by Crippen LogP contribution is 2.25. The normalized spacial score (nSPS) is 15.1. The fourth-order valence-electron chi connectivity index (χ4n) is 3.20. The number of carboxylic acids is 1. The Balaban J connectivity index is 1.53. The van der Waals surface area contributed by atoms with Crippen molar-refractivity contribution in [2.45, 2.75) is 38.1 Å². The van der Waals surface area contributed by atoms with E-state index >= 15 is 0 Å². The van der Waals surface area contributed by atoms with Crippen LogP contribution in [0.2, 0.25) is 0 Å². The molecule has 2 aromatic rings. The molecule has 142 valence electrons. The van der Waals surface area contributed by atoms with Crippen LogP contribution >= 0.6 is 0 Å². The number of rotatable bonds is 7. The van der Waals surface area contributed by atoms with Gasteiger partial charge in [0.1, 0.15) is 11.5 Å². The second-order valence-electron chi connectivity index (χ2n) is 6.56. The van der Waals surface area contributed by atoms with Gasteiger partial charge < -0.3 is 14.8 Å². The fourth-order valence-corrected chi connectivity index (χ4v) is 3.20. The standard InChI is InChI=1S/C20H23N3O4/c24-19(13-21-14-6-2-1-3-7-14)23-22-12-15-10-11-18(27-15)16-8-4-5-9-17(16)20(25)26/h4-5,8-12,14,21H,1-3,6-7,13H2,(H,23,24)(H,25,26)/b22-12-. The van der Waals surface area contributed by atoms with E-state index in [1.54, 1.807) is 30.3 Å². The topological polar surface area (TPSA) is 104 Å². The van der Waals surface area contributed by atoms with Crippen molar-refractivity contribution in [3.05, 3.63) is 47.7 Å². The smallest absolute Gasteiger partial charge is 0.336 e. The van der Waals surface area contributed by atoms with Crippen molar-refractivity contribution in [3.63, 3.8) is 0 Å². The Bertz CT molecular complexity index is 822. The molecule has 0 saturated heterocycles. The van der Waals surface area contributed by atoms with Gasteiger partial charge in [0.05, 0.1) is 18.3 Å². The first-order chi connectivity index (χ1) is 13.1. The molecule has 0 radical (unpaired) electrons. The van der Waals surface area contributed by atoms with Gasteiger partial charge in [0, 0.05) is 11.6 Å². The number of carbonyl (C=O) groups is 2. The molecule has 1 fully saturated rings. The maximum atomic E-state index is 11.8. The molecule has 27 heavy (non-hydrogen) atoms. The third-order valence-electron chi connectivity index (χ3n) is 4.59. The summed E-state index contributed by atoms with van der Waals surface area (Å²) >= 11 is 0. The van der Waals surface area contributed by atoms with Gasteiger partial charge in [-0.3, -0.25) is 4.79 Å². The lowest BCUT2D eigenvalue weighted by Crippen LogP contribution is -2.38. The molecule has 0 bridgehead atoms. The molecule has 1 heterocycles. The summed E-state index contributed by atoms with van der Waals surface area (Å²) in [7, 11) is 0. The van der Waals surface area contributed by atoms with E-state index in [4.69, 9.17) is 4.42 Å². The average Bonchev–Trinajstić information content (AvgIpc) is 3.16. The highest BCUT2D eigenvalue weighted by atomic mass is 16.4. The summed E-state index contributed by atoms with van der Waals surface area (Å²) in [6, 6.07) is 10.4. The van der Waals surface area contributed by atoms with Crippen LogP contribution in [0.5, 0.6) is 0 Å². The van der Waals surface area contributed by atoms with E-state index in [-0.39, 0.29) is 18.0 Å². The van der Waals surface area contributed by atoms with Crippen LogP contribution in [0.3, 0.4) is 0 Å². The first kappa shape index (κ1) is 18.8. The van der Waals surface area contributed by atoms with Crippen molar-refractivity contribution in [3.8, 4) is 11.3 Å². The number of hydrogen-bond acceptors (Lipinski definition) is 5. The second kappa shape index (κ2) is 9.14. The third-order valence-corrected chi connectivity index (χ3v) is 4.59. The molecule has 7 nitrogen and oxygen atoms in total. The summed E-state index contributed by atoms with van der Waals surface area (Å²) in [6.07, 6.45) is 7.32. The van der Waals surface area contributed by atoms with Crippen LogP contribution in [0.15, 0.2) is 45.9 Å². The van der Waals surface area contributed by atoms with Crippen molar-refractivity contribution < 1.29 is 19.1 Å². The van der Waals surface area contributed by atoms with Gasteiger partial charge in [-0.15, -0.1) is 0 Å². The summed E-state index contributed by atoms with van der Waals surface area (Å²) in [5, 5.41) is 16.4. The van der Waals surface area contributed by atoms with Crippen LogP contribution in [0.4, 0.5) is 0 Å². The fraction of sp³-hybridized carbons (Fsp3) is 0.350. The van der Waals surface area contributed by atoms with Crippen molar-refractivity contribution in [2.24, 2.45) is 5.10 Å². The molecule has 0 unspecified atom stereocenters. The van der Waals surface area contributed by atoms with Crippen LogP contribution in [-0.2, 0) is 4.79 Å². The number of furan rings is 1. The zero-order valence-corrected chi connectivity index (χ0v) is 15.0. The van der Waals surface area contributed by atoms with Crippen LogP contribution in [0.1, 0.15) is 48.2 Å². The van der Waals surface area contributed by atoms with E-state index in [0.29, 0.717) is 23.1 Å². The minimum atomic E-state index is -1.02. The molecule has 1 amide bonds. The van der Waals surface area contributed by atoms with Crippen molar-refractivity contribution >= 4 is 18.1 Å². The summed E-state index contributed by atoms with van der Waals surface area (Å²) in [4.78, 5) is 23.1. The van der Waals surface area contributed by atoms with Crippen LogP contribution in [0.25, 0.3) is 11.3 Å². The van der Waals surface area contributed by atoms with Gasteiger partial charge in [0.15, 0.2) is 0 Å². The quantitative estimate of drug-likeness (QED) is 0.514. The van der Waals surface area contributed by atoms with E-state index in [1.165, 1.54) is 31.5 Å². The summed E-state index contributed by atoms with van der Waals surface area (Å²) in [6.45, 7) is 0.234. The molecule has 0 atom stereocenters. The summed E-state index contributed by atoms with van der Waals surface area (Å²) in [5.74, 6) is -0.375. The molecule has 3 N–H and O–H groups in total. The Kier molecular flexibility index (Phi) is 6.38. The van der Waals surface area contributed by atoms with Gasteiger partial charge in [0.2, 0.25) is 0 Å². The van der Waals surface area contributed by atoms with Gasteiger partial charge >= 0.3 is 5.97 Å². The van der Waals surface area contributed by atoms with Crippen LogP contribution in [0, 0.1) is 0 Å². The van der Waals surface area contributed by atoms with Gasteiger partial charge in [-0.1, -0.05) is 37.5 Å². The van der Waals surface area contributed by atoms with Gasteiger partial charge in [-0.05, 0) is 31.0 Å². The number of hydrogen-bond donors (Lipinski definition) is 3. The number of nitrogens with one attached hydrogen (secondary N) is 2. The van der Waals surface area contributed by atoms with Crippen LogP contribution < -0.4 is 10.7 Å². The summed E-state index contributed by atoms with van der Waals surface area (Å²) < 4.78 is 5.62. The highest BCUT2D eigenvalue weighted by molar-refractivity contribution is 5.95. The molecule has 3 rings (SSSR count). The Morgan fingerprint density at radius 2 is 1.93 bits per heavy atom. The summed E-state index contributed by atoms with van der Waals surface area (Å²) in [5.41, 5.74) is 3.12. The van der Waals surface area contributed by atoms with Crippen molar-refractivity contribution in [1.82, 2.24) is 10.7 Å². The molecule has 1 saturated carbocycles. The first-order valence-electron chi connectivity index (χ1n) is 9.11. The Hall–Kier alpha value is -2.93. The zero-order chi connectivity index (χ0) is 19.1. The maximum Gasteiger partial charge on any atom is 0.336 e. The lowest BCUT2D eigenvalue weighted by atomic mass is 9.95. The predicted octanol–water partition coefficient (Wildman–Crippen LogP) is 3.02. The van der Waals surface area contributed by atoms with Crippen molar-refractivity contribution in [2.75, 3.05) is 6.54 Å². The van der Waals surface area contributed by atoms with Gasteiger partial charge in [-0.2, -0.15) is 5.10 Å². The second-order valence-corrected chi connectivity index (χ2v) is 6.56. The predicted molar refractivity (Wildman–Crippen MR) is 102 cm³/mol. The molecule has 1 aromatic heterocycles. The molecule has 1 aliphatic carbocycles. The minimum absolute atomic E-state index is 0.164. The van der Waals surface area contributed by atoms with E-state index in [2.05, 4.69) is 15.8 Å². The van der Waals surface area contributed by atoms with Gasteiger partial charge in [0.25, 0.3) is 5.91 Å². The number of nitrogens with zero attached hydrogens (tertiary/aromatic N) is 1. The molecule has 0 spiro atoms. The Morgan fingerprint density at radius 3 is 2.70 bits per heavy atom. The molecule has 1 aliphatic rings. The number of hydrazone groups is 1. The van der Waals surface area contributed by atoms with E-state index in [0.717, 1.165) is 12.8 Å². The van der Waals surface area contributed by atoms with E-state index in [9.17, 15) is 14.7 Å². The molecular formula is C20H23N3O4. The minimum Gasteiger partial charge on any atom is -0.478 e. The molecular weight excluding hydrogens is 346 g/mol. The maximum absolute atomic E-state index is 11.8. The van der Waals surface area contributed by atoms with E-state index < -0.39 is 5.97 Å². The monoisotopic (exact) mass is 369 g/mol. The Morgan fingerprint density at radius 1 is 1.15 bits per heavy atom. The number of carbonyl (C=O) groups excluding carboxylic acids is 1. The molecule has 7 heteroatoms. The zero-order valence-electron chi connectivity index (χ0n) is 15.0. The number of carboxylic acid groups (broad SMARTS) is 1. The third kappa shape index (κ3) is 5.27. The van der Waals surface area contributed by atoms with Gasteiger partial charge in [-0.25, -0.2) is 10.2 Å². The number of benzene rings is 1. The van der Waals surface area contributed by atoms with Crippen LogP contribution in [-0.4, -0.2) is 35.8 Å². The molecule has 0 aliphatic heterocycles. The lowest BCUT2D eigenvalue weighted by Gasteiger charge is -2.22. The van der Waals surface area contributed by atoms with Crippen molar-refractivity contribution in [1.29, 1.82) is 0 Å². The largest absolute Gasteiger partial charge is 0.478 e. The highest BCUT2D eigenvalue weighted by Gasteiger charge is 2.14. The van der Waals surface area contributed by atoms with E-state index in [1.807, 2.05) is 0 Å². The Labute approximate surface area is 157 Å². The first-order valence-corrected chi connectivity index (χ1v) is 9.11. The number of aromatic carboxylic acids is 1. The average molecular weight is 369 g/mol. The molecule has 1 aromatic carbocycles. The number of amides is 1. The lowest BCUT2D eigenvalue weighted by molar-refractivity contribution is -0.120.